The van der Waals surface area contributed by atoms with Gasteiger partial charge >= 0.3 is 0 Å². The maximum Gasteiger partial charge on any atom is 0.240 e. The number of nitrogens with zero attached hydrogens (tertiary/aromatic N) is 3. The van der Waals surface area contributed by atoms with Crippen LogP contribution in [-0.2, 0) is 6.54 Å². The van der Waals surface area contributed by atoms with E-state index in [4.69, 9.17) is 9.63 Å². The molecule has 5 nitrogen and oxygen atoms in total. The highest BCUT2D eigenvalue weighted by Gasteiger charge is 2.06. The van der Waals surface area contributed by atoms with E-state index < -0.39 is 0 Å². The first-order valence-corrected chi connectivity index (χ1v) is 5.31. The fourth-order valence-electron chi connectivity index (χ4n) is 1.38. The molecule has 5 heteroatoms. The molecule has 0 aliphatic heterocycles. The third-order valence-electron chi connectivity index (χ3n) is 2.17. The fraction of sp³-hybridized carbons (Fsp3) is 0.800. The normalized spacial score (nSPS) is 11.2. The average molecular weight is 213 g/mol. The molecular weight excluding hydrogens is 194 g/mol. The van der Waals surface area contributed by atoms with Crippen molar-refractivity contribution in [3.63, 3.8) is 0 Å². The highest BCUT2D eigenvalue weighted by Crippen LogP contribution is 2.02. The number of aryl methyl sites for hydroxylation is 1. The van der Waals surface area contributed by atoms with Crippen molar-refractivity contribution >= 4 is 0 Å². The number of aliphatic hydroxyl groups is 1. The number of aromatic nitrogens is 2. The lowest BCUT2D eigenvalue weighted by atomic mass is 10.2. The van der Waals surface area contributed by atoms with Crippen LogP contribution in [0.1, 0.15) is 31.0 Å². The molecule has 0 spiro atoms. The molecule has 86 valence electrons. The van der Waals surface area contributed by atoms with Crippen LogP contribution in [0.15, 0.2) is 4.52 Å². The molecule has 1 rings (SSSR count). The molecule has 1 aromatic heterocycles. The van der Waals surface area contributed by atoms with Crippen LogP contribution in [0.4, 0.5) is 0 Å². The lowest BCUT2D eigenvalue weighted by Crippen LogP contribution is -2.19. The second-order valence-corrected chi connectivity index (χ2v) is 3.76. The molecule has 1 heterocycles. The van der Waals surface area contributed by atoms with Crippen LogP contribution in [0.5, 0.6) is 0 Å². The standard InChI is InChI=1S/C10H19N3O2/c1-9-11-10(15-12-9)8-13(2)6-4-3-5-7-14/h14H,3-8H2,1-2H3. The lowest BCUT2D eigenvalue weighted by Gasteiger charge is -2.13. The molecule has 0 aliphatic carbocycles. The Morgan fingerprint density at radius 3 is 2.73 bits per heavy atom. The van der Waals surface area contributed by atoms with Crippen molar-refractivity contribution in [2.45, 2.75) is 32.7 Å². The van der Waals surface area contributed by atoms with Crippen LogP contribution in [0.25, 0.3) is 0 Å². The van der Waals surface area contributed by atoms with Gasteiger partial charge in [0.2, 0.25) is 5.89 Å². The highest BCUT2D eigenvalue weighted by atomic mass is 16.5. The molecule has 1 aromatic rings. The summed E-state index contributed by atoms with van der Waals surface area (Å²) in [4.78, 5) is 6.28. The van der Waals surface area contributed by atoms with E-state index in [2.05, 4.69) is 15.0 Å². The van der Waals surface area contributed by atoms with Gasteiger partial charge in [-0.25, -0.2) is 0 Å². The summed E-state index contributed by atoms with van der Waals surface area (Å²) in [6.07, 6.45) is 3.03. The molecular formula is C10H19N3O2. The number of hydrogen-bond donors (Lipinski definition) is 1. The van der Waals surface area contributed by atoms with Gasteiger partial charge in [-0.05, 0) is 39.8 Å². The van der Waals surface area contributed by atoms with Crippen LogP contribution >= 0.6 is 0 Å². The minimum Gasteiger partial charge on any atom is -0.396 e. The number of hydrogen-bond acceptors (Lipinski definition) is 5. The first kappa shape index (κ1) is 12.1. The maximum absolute atomic E-state index is 8.62. The van der Waals surface area contributed by atoms with Gasteiger partial charge in [0.05, 0.1) is 6.54 Å². The van der Waals surface area contributed by atoms with Crippen LogP contribution in [-0.4, -0.2) is 40.3 Å². The van der Waals surface area contributed by atoms with E-state index in [1.165, 1.54) is 0 Å². The summed E-state index contributed by atoms with van der Waals surface area (Å²) in [6.45, 7) is 3.78. The van der Waals surface area contributed by atoms with Gasteiger partial charge in [-0.1, -0.05) is 5.16 Å². The predicted molar refractivity (Wildman–Crippen MR) is 56.3 cm³/mol. The van der Waals surface area contributed by atoms with Gasteiger partial charge in [-0.15, -0.1) is 0 Å². The van der Waals surface area contributed by atoms with Crippen LogP contribution in [0, 0.1) is 6.92 Å². The minimum atomic E-state index is 0.284. The summed E-state index contributed by atoms with van der Waals surface area (Å²) in [5.74, 6) is 1.34. The summed E-state index contributed by atoms with van der Waals surface area (Å²) in [7, 11) is 2.03. The molecule has 0 saturated carbocycles. The Morgan fingerprint density at radius 1 is 1.33 bits per heavy atom. The lowest BCUT2D eigenvalue weighted by molar-refractivity contribution is 0.251. The summed E-state index contributed by atoms with van der Waals surface area (Å²) < 4.78 is 5.02. The molecule has 0 fully saturated rings. The Hall–Kier alpha value is -0.940. The van der Waals surface area contributed by atoms with Crippen LogP contribution in [0.3, 0.4) is 0 Å². The topological polar surface area (TPSA) is 62.4 Å². The van der Waals surface area contributed by atoms with Gasteiger partial charge in [0, 0.05) is 6.61 Å². The van der Waals surface area contributed by atoms with Gasteiger partial charge in [-0.2, -0.15) is 4.98 Å². The number of rotatable bonds is 7. The van der Waals surface area contributed by atoms with E-state index in [0.717, 1.165) is 25.8 Å². The van der Waals surface area contributed by atoms with Gasteiger partial charge in [0.1, 0.15) is 0 Å². The highest BCUT2D eigenvalue weighted by molar-refractivity contribution is 4.82. The zero-order chi connectivity index (χ0) is 11.1. The first-order chi connectivity index (χ1) is 7.22. The maximum atomic E-state index is 8.62. The second-order valence-electron chi connectivity index (χ2n) is 3.76. The van der Waals surface area contributed by atoms with Gasteiger partial charge < -0.3 is 9.63 Å². The molecule has 0 atom stereocenters. The molecule has 0 unspecified atom stereocenters. The first-order valence-electron chi connectivity index (χ1n) is 5.31. The van der Waals surface area contributed by atoms with E-state index >= 15 is 0 Å². The zero-order valence-corrected chi connectivity index (χ0v) is 9.44. The predicted octanol–water partition coefficient (Wildman–Crippen LogP) is 0.972. The fourth-order valence-corrected chi connectivity index (χ4v) is 1.38. The smallest absolute Gasteiger partial charge is 0.240 e. The molecule has 0 bridgehead atoms. The van der Waals surface area contributed by atoms with E-state index in [1.54, 1.807) is 0 Å². The minimum absolute atomic E-state index is 0.284. The Kier molecular flexibility index (Phi) is 5.28. The largest absolute Gasteiger partial charge is 0.396 e. The van der Waals surface area contributed by atoms with Crippen molar-refractivity contribution in [2.75, 3.05) is 20.2 Å². The Balaban J connectivity index is 2.15. The van der Waals surface area contributed by atoms with Crippen molar-refractivity contribution in [1.29, 1.82) is 0 Å². The third kappa shape index (κ3) is 4.90. The van der Waals surface area contributed by atoms with Gasteiger partial charge in [0.15, 0.2) is 5.82 Å². The Labute approximate surface area is 90.1 Å². The monoisotopic (exact) mass is 213 g/mol. The summed E-state index contributed by atoms with van der Waals surface area (Å²) in [5, 5.41) is 12.4. The number of aliphatic hydroxyl groups excluding tert-OH is 1. The molecule has 1 N–H and O–H groups in total. The van der Waals surface area contributed by atoms with Gasteiger partial charge in [-0.3, -0.25) is 4.90 Å². The van der Waals surface area contributed by atoms with Crippen molar-refractivity contribution in [1.82, 2.24) is 15.0 Å². The SMILES string of the molecule is Cc1noc(CN(C)CCCCCO)n1. The van der Waals surface area contributed by atoms with Gasteiger partial charge in [0.25, 0.3) is 0 Å². The summed E-state index contributed by atoms with van der Waals surface area (Å²) in [5.41, 5.74) is 0. The van der Waals surface area contributed by atoms with Crippen molar-refractivity contribution in [3.05, 3.63) is 11.7 Å². The molecule has 0 aliphatic rings. The van der Waals surface area contributed by atoms with Crippen molar-refractivity contribution < 1.29 is 9.63 Å². The molecule has 0 saturated heterocycles. The number of unbranched alkanes of at least 4 members (excludes halogenated alkanes) is 2. The molecule has 0 aromatic carbocycles. The third-order valence-corrected chi connectivity index (χ3v) is 2.17. The Morgan fingerprint density at radius 2 is 2.13 bits per heavy atom. The van der Waals surface area contributed by atoms with Crippen molar-refractivity contribution in [3.8, 4) is 0 Å². The molecule has 15 heavy (non-hydrogen) atoms. The van der Waals surface area contributed by atoms with Crippen LogP contribution < -0.4 is 0 Å². The van der Waals surface area contributed by atoms with E-state index in [-0.39, 0.29) is 6.61 Å². The summed E-state index contributed by atoms with van der Waals surface area (Å²) >= 11 is 0. The average Bonchev–Trinajstić information content (AvgIpc) is 2.59. The van der Waals surface area contributed by atoms with Crippen molar-refractivity contribution in [2.24, 2.45) is 0 Å². The molecule has 0 radical (unpaired) electrons. The van der Waals surface area contributed by atoms with E-state index in [1.807, 2.05) is 14.0 Å². The summed E-state index contributed by atoms with van der Waals surface area (Å²) in [6, 6.07) is 0. The van der Waals surface area contributed by atoms with Crippen LogP contribution in [0.2, 0.25) is 0 Å². The zero-order valence-electron chi connectivity index (χ0n) is 9.44. The van der Waals surface area contributed by atoms with E-state index in [9.17, 15) is 0 Å². The molecule has 0 amide bonds. The second kappa shape index (κ2) is 6.53. The van der Waals surface area contributed by atoms with E-state index in [0.29, 0.717) is 18.3 Å². The quantitative estimate of drug-likeness (QED) is 0.684. The Bertz CT molecular complexity index is 275.